The Balaban J connectivity index is 2.15. The van der Waals surface area contributed by atoms with E-state index in [2.05, 4.69) is 18.8 Å². The van der Waals surface area contributed by atoms with Crippen molar-refractivity contribution in [2.45, 2.75) is 65.7 Å². The SMILES string of the molecule is C=CCOC(=O)c1sc(NC(=O)C2CCC(CCCC)CC2)c(C(=O)OCC)c1C. The first-order valence-corrected chi connectivity index (χ1v) is 11.6. The number of ether oxygens (including phenoxy) is 2. The first-order valence-electron chi connectivity index (χ1n) is 10.8. The second-order valence-electron chi connectivity index (χ2n) is 7.72. The average Bonchev–Trinajstić information content (AvgIpc) is 3.06. The minimum Gasteiger partial charge on any atom is -0.462 e. The van der Waals surface area contributed by atoms with E-state index in [1.807, 2.05) is 0 Å². The summed E-state index contributed by atoms with van der Waals surface area (Å²) < 4.78 is 10.3. The summed E-state index contributed by atoms with van der Waals surface area (Å²) in [6.45, 7) is 9.40. The predicted octanol–water partition coefficient (Wildman–Crippen LogP) is 5.51. The van der Waals surface area contributed by atoms with E-state index in [0.29, 0.717) is 21.4 Å². The van der Waals surface area contributed by atoms with Crippen LogP contribution in [-0.2, 0) is 14.3 Å². The molecule has 0 atom stereocenters. The van der Waals surface area contributed by atoms with Gasteiger partial charge >= 0.3 is 11.9 Å². The molecule has 30 heavy (non-hydrogen) atoms. The molecule has 0 aliphatic heterocycles. The molecule has 1 amide bonds. The monoisotopic (exact) mass is 435 g/mol. The van der Waals surface area contributed by atoms with E-state index in [-0.39, 0.29) is 30.6 Å². The van der Waals surface area contributed by atoms with Gasteiger partial charge in [-0.15, -0.1) is 11.3 Å². The van der Waals surface area contributed by atoms with Crippen molar-refractivity contribution >= 4 is 34.2 Å². The highest BCUT2D eigenvalue weighted by Crippen LogP contribution is 2.37. The molecule has 1 fully saturated rings. The second-order valence-corrected chi connectivity index (χ2v) is 8.74. The molecule has 1 aromatic rings. The Labute approximate surface area is 183 Å². The highest BCUT2D eigenvalue weighted by molar-refractivity contribution is 7.18. The van der Waals surface area contributed by atoms with E-state index in [9.17, 15) is 14.4 Å². The number of carbonyl (C=O) groups excluding carboxylic acids is 3. The zero-order valence-corrected chi connectivity index (χ0v) is 19.1. The predicted molar refractivity (Wildman–Crippen MR) is 119 cm³/mol. The minimum absolute atomic E-state index is 0.0727. The van der Waals surface area contributed by atoms with Crippen molar-refractivity contribution in [1.82, 2.24) is 0 Å². The molecule has 1 heterocycles. The number of hydrogen-bond donors (Lipinski definition) is 1. The van der Waals surface area contributed by atoms with E-state index >= 15 is 0 Å². The lowest BCUT2D eigenvalue weighted by molar-refractivity contribution is -0.121. The molecule has 6 nitrogen and oxygen atoms in total. The van der Waals surface area contributed by atoms with Crippen LogP contribution in [0.5, 0.6) is 0 Å². The zero-order chi connectivity index (χ0) is 22.1. The summed E-state index contributed by atoms with van der Waals surface area (Å²) in [6.07, 6.45) is 8.98. The van der Waals surface area contributed by atoms with Crippen LogP contribution in [0.4, 0.5) is 5.00 Å². The van der Waals surface area contributed by atoms with Gasteiger partial charge in [-0.05, 0) is 51.0 Å². The van der Waals surface area contributed by atoms with Gasteiger partial charge in [0.1, 0.15) is 16.5 Å². The Morgan fingerprint density at radius 1 is 1.13 bits per heavy atom. The molecule has 1 N–H and O–H groups in total. The fourth-order valence-corrected chi connectivity index (χ4v) is 4.96. The summed E-state index contributed by atoms with van der Waals surface area (Å²) >= 11 is 1.06. The third kappa shape index (κ3) is 6.17. The van der Waals surface area contributed by atoms with Crippen LogP contribution in [0.25, 0.3) is 0 Å². The van der Waals surface area contributed by atoms with Gasteiger partial charge in [0.15, 0.2) is 0 Å². The second kappa shape index (κ2) is 11.9. The van der Waals surface area contributed by atoms with Crippen molar-refractivity contribution in [2.75, 3.05) is 18.5 Å². The molecule has 0 saturated heterocycles. The lowest BCUT2D eigenvalue weighted by Crippen LogP contribution is -2.27. The molecule has 2 rings (SSSR count). The van der Waals surface area contributed by atoms with Gasteiger partial charge in [0.25, 0.3) is 0 Å². The fraction of sp³-hybridized carbons (Fsp3) is 0.609. The van der Waals surface area contributed by atoms with Gasteiger partial charge in [-0.3, -0.25) is 4.79 Å². The van der Waals surface area contributed by atoms with Crippen LogP contribution in [0, 0.1) is 18.8 Å². The smallest absolute Gasteiger partial charge is 0.348 e. The van der Waals surface area contributed by atoms with Crippen LogP contribution in [0.2, 0.25) is 0 Å². The normalized spacial score (nSPS) is 18.5. The van der Waals surface area contributed by atoms with Crippen molar-refractivity contribution in [3.8, 4) is 0 Å². The van der Waals surface area contributed by atoms with Crippen LogP contribution < -0.4 is 5.32 Å². The molecule has 7 heteroatoms. The number of thiophene rings is 1. The lowest BCUT2D eigenvalue weighted by Gasteiger charge is -2.27. The standard InChI is InChI=1S/C23H33NO5S/c1-5-8-9-16-10-12-17(13-11-16)20(25)24-21-18(22(26)28-7-3)15(4)19(30-21)23(27)29-14-6-2/h6,16-17H,2,5,7-14H2,1,3-4H3,(H,24,25). The van der Waals surface area contributed by atoms with Gasteiger partial charge in [0.2, 0.25) is 5.91 Å². The summed E-state index contributed by atoms with van der Waals surface area (Å²) in [5, 5.41) is 3.26. The van der Waals surface area contributed by atoms with E-state index in [4.69, 9.17) is 9.47 Å². The Bertz CT molecular complexity index is 762. The van der Waals surface area contributed by atoms with Gasteiger partial charge in [0, 0.05) is 5.92 Å². The topological polar surface area (TPSA) is 81.7 Å². The maximum Gasteiger partial charge on any atom is 0.348 e. The zero-order valence-electron chi connectivity index (χ0n) is 18.3. The van der Waals surface area contributed by atoms with E-state index in [1.165, 1.54) is 25.3 Å². The van der Waals surface area contributed by atoms with Crippen LogP contribution >= 0.6 is 11.3 Å². The van der Waals surface area contributed by atoms with Gasteiger partial charge in [0.05, 0.1) is 12.2 Å². The largest absolute Gasteiger partial charge is 0.462 e. The Morgan fingerprint density at radius 2 is 1.83 bits per heavy atom. The first-order chi connectivity index (χ1) is 14.4. The summed E-state index contributed by atoms with van der Waals surface area (Å²) in [5.74, 6) is -0.551. The van der Waals surface area contributed by atoms with E-state index in [0.717, 1.165) is 37.0 Å². The fourth-order valence-electron chi connectivity index (χ4n) is 3.87. The number of rotatable bonds is 10. The quantitative estimate of drug-likeness (QED) is 0.387. The lowest BCUT2D eigenvalue weighted by atomic mass is 9.79. The van der Waals surface area contributed by atoms with Crippen LogP contribution in [-0.4, -0.2) is 31.1 Å². The average molecular weight is 436 g/mol. The number of nitrogens with one attached hydrogen (secondary N) is 1. The van der Waals surface area contributed by atoms with Gasteiger partial charge in [-0.2, -0.15) is 0 Å². The summed E-state index contributed by atoms with van der Waals surface area (Å²) in [5.41, 5.74) is 0.698. The molecule has 1 saturated carbocycles. The van der Waals surface area contributed by atoms with Gasteiger partial charge in [-0.1, -0.05) is 38.8 Å². The van der Waals surface area contributed by atoms with Crippen LogP contribution in [0.3, 0.4) is 0 Å². The molecule has 166 valence electrons. The van der Waals surface area contributed by atoms with E-state index in [1.54, 1.807) is 13.8 Å². The number of esters is 2. The van der Waals surface area contributed by atoms with Crippen LogP contribution in [0.15, 0.2) is 12.7 Å². The molecule has 1 aromatic heterocycles. The number of unbranched alkanes of at least 4 members (excludes halogenated alkanes) is 1. The van der Waals surface area contributed by atoms with Gasteiger partial charge < -0.3 is 14.8 Å². The summed E-state index contributed by atoms with van der Waals surface area (Å²) in [6, 6.07) is 0. The maximum atomic E-state index is 12.9. The number of amides is 1. The molecule has 0 radical (unpaired) electrons. The number of hydrogen-bond acceptors (Lipinski definition) is 6. The molecule has 1 aliphatic carbocycles. The third-order valence-electron chi connectivity index (χ3n) is 5.56. The van der Waals surface area contributed by atoms with Crippen LogP contribution in [0.1, 0.15) is 84.4 Å². The first kappa shape index (κ1) is 24.1. The van der Waals surface area contributed by atoms with Crippen molar-refractivity contribution < 1.29 is 23.9 Å². The van der Waals surface area contributed by atoms with Crippen molar-refractivity contribution in [3.63, 3.8) is 0 Å². The Morgan fingerprint density at radius 3 is 2.43 bits per heavy atom. The Kier molecular flexibility index (Phi) is 9.56. The van der Waals surface area contributed by atoms with Gasteiger partial charge in [-0.25, -0.2) is 9.59 Å². The van der Waals surface area contributed by atoms with Crippen molar-refractivity contribution in [2.24, 2.45) is 11.8 Å². The maximum absolute atomic E-state index is 12.9. The molecule has 0 spiro atoms. The Hall–Kier alpha value is -2.15. The molecular formula is C23H33NO5S. The molecule has 1 aliphatic rings. The summed E-state index contributed by atoms with van der Waals surface area (Å²) in [7, 11) is 0. The molecule has 0 bridgehead atoms. The number of carbonyl (C=O) groups is 3. The highest BCUT2D eigenvalue weighted by Gasteiger charge is 2.30. The molecule has 0 unspecified atom stereocenters. The highest BCUT2D eigenvalue weighted by atomic mass is 32.1. The summed E-state index contributed by atoms with van der Waals surface area (Å²) in [4.78, 5) is 38.0. The molecule has 0 aromatic carbocycles. The van der Waals surface area contributed by atoms with Crippen molar-refractivity contribution in [3.05, 3.63) is 28.7 Å². The molecular weight excluding hydrogens is 402 g/mol. The third-order valence-corrected chi connectivity index (χ3v) is 6.75. The minimum atomic E-state index is -0.549. The number of anilines is 1. The van der Waals surface area contributed by atoms with Crippen molar-refractivity contribution in [1.29, 1.82) is 0 Å². The van der Waals surface area contributed by atoms with E-state index < -0.39 is 11.9 Å².